The third kappa shape index (κ3) is 3.08. The lowest BCUT2D eigenvalue weighted by Crippen LogP contribution is -2.32. The van der Waals surface area contributed by atoms with Crippen LogP contribution in [-0.2, 0) is 6.61 Å². The van der Waals surface area contributed by atoms with Crippen molar-refractivity contribution in [2.75, 3.05) is 6.54 Å². The molecule has 1 fully saturated rings. The predicted molar refractivity (Wildman–Crippen MR) is 71.0 cm³/mol. The van der Waals surface area contributed by atoms with Gasteiger partial charge in [-0.05, 0) is 49.3 Å². The van der Waals surface area contributed by atoms with Crippen molar-refractivity contribution in [2.24, 2.45) is 0 Å². The van der Waals surface area contributed by atoms with E-state index in [0.29, 0.717) is 12.0 Å². The van der Waals surface area contributed by atoms with Gasteiger partial charge in [-0.15, -0.1) is 0 Å². The Labute approximate surface area is 104 Å². The van der Waals surface area contributed by atoms with E-state index < -0.39 is 0 Å². The average molecular weight is 233 g/mol. The molecule has 1 aromatic rings. The molecule has 1 aliphatic carbocycles. The first-order valence-corrected chi connectivity index (χ1v) is 6.77. The molecular weight excluding hydrogens is 210 g/mol. The first-order chi connectivity index (χ1) is 8.35. The Hall–Kier alpha value is -0.860. The summed E-state index contributed by atoms with van der Waals surface area (Å²) in [6.07, 6.45) is 5.01. The van der Waals surface area contributed by atoms with Crippen molar-refractivity contribution >= 4 is 0 Å². The van der Waals surface area contributed by atoms with Crippen LogP contribution in [0.2, 0.25) is 0 Å². The highest BCUT2D eigenvalue weighted by Crippen LogP contribution is 2.34. The van der Waals surface area contributed by atoms with Gasteiger partial charge in [-0.3, -0.25) is 0 Å². The number of hydrogen-bond donors (Lipinski definition) is 2. The maximum absolute atomic E-state index is 9.37. The molecule has 2 rings (SSSR count). The molecule has 2 N–H and O–H groups in total. The highest BCUT2D eigenvalue weighted by Gasteiger charge is 2.22. The zero-order valence-corrected chi connectivity index (χ0v) is 10.7. The fraction of sp³-hybridized carbons (Fsp3) is 0.600. The van der Waals surface area contributed by atoms with E-state index in [4.69, 9.17) is 0 Å². The molecule has 0 unspecified atom stereocenters. The van der Waals surface area contributed by atoms with E-state index in [1.165, 1.54) is 31.2 Å². The Morgan fingerprint density at radius 3 is 2.53 bits per heavy atom. The van der Waals surface area contributed by atoms with E-state index >= 15 is 0 Å². The number of hydrogen-bond acceptors (Lipinski definition) is 2. The van der Waals surface area contributed by atoms with Gasteiger partial charge in [0, 0.05) is 6.04 Å². The van der Waals surface area contributed by atoms with E-state index in [9.17, 15) is 5.11 Å². The molecule has 0 bridgehead atoms. The Bertz CT molecular complexity index is 343. The van der Waals surface area contributed by atoms with Crippen molar-refractivity contribution in [1.82, 2.24) is 5.32 Å². The van der Waals surface area contributed by atoms with Gasteiger partial charge < -0.3 is 10.4 Å². The van der Waals surface area contributed by atoms with Crippen molar-refractivity contribution in [3.05, 3.63) is 35.4 Å². The van der Waals surface area contributed by atoms with Crippen molar-refractivity contribution in [3.8, 4) is 0 Å². The quantitative estimate of drug-likeness (QED) is 0.838. The van der Waals surface area contributed by atoms with Crippen molar-refractivity contribution in [1.29, 1.82) is 0 Å². The van der Waals surface area contributed by atoms with Gasteiger partial charge in [-0.2, -0.15) is 0 Å². The summed E-state index contributed by atoms with van der Waals surface area (Å²) in [6, 6.07) is 9.04. The summed E-state index contributed by atoms with van der Waals surface area (Å²) in [5, 5.41) is 12.9. The topological polar surface area (TPSA) is 32.3 Å². The number of aliphatic hydroxyl groups is 1. The van der Waals surface area contributed by atoms with Crippen LogP contribution in [-0.4, -0.2) is 17.7 Å². The van der Waals surface area contributed by atoms with Crippen molar-refractivity contribution in [2.45, 2.75) is 51.2 Å². The van der Waals surface area contributed by atoms with Gasteiger partial charge in [0.05, 0.1) is 6.61 Å². The molecule has 0 aromatic heterocycles. The lowest BCUT2D eigenvalue weighted by molar-refractivity contribution is 0.277. The number of aliphatic hydroxyl groups excluding tert-OH is 1. The van der Waals surface area contributed by atoms with Crippen LogP contribution in [0, 0.1) is 0 Å². The summed E-state index contributed by atoms with van der Waals surface area (Å²) in [5.74, 6) is 0.647. The van der Waals surface area contributed by atoms with Gasteiger partial charge in [0.15, 0.2) is 0 Å². The molecule has 1 aliphatic rings. The Balaban J connectivity index is 2.00. The molecule has 0 spiro atoms. The molecule has 1 saturated carbocycles. The number of rotatable bonds is 4. The summed E-state index contributed by atoms with van der Waals surface area (Å²) in [7, 11) is 0. The molecule has 0 aliphatic heterocycles. The molecule has 1 aromatic carbocycles. The summed E-state index contributed by atoms with van der Waals surface area (Å²) in [4.78, 5) is 0. The van der Waals surface area contributed by atoms with E-state index in [0.717, 1.165) is 12.1 Å². The Morgan fingerprint density at radius 1 is 1.18 bits per heavy atom. The van der Waals surface area contributed by atoms with Gasteiger partial charge in [0.25, 0.3) is 0 Å². The Morgan fingerprint density at radius 2 is 1.88 bits per heavy atom. The van der Waals surface area contributed by atoms with Gasteiger partial charge >= 0.3 is 0 Å². The first-order valence-electron chi connectivity index (χ1n) is 6.77. The normalized spacial score (nSPS) is 24.8. The molecule has 0 amide bonds. The summed E-state index contributed by atoms with van der Waals surface area (Å²) < 4.78 is 0. The zero-order chi connectivity index (χ0) is 12.1. The molecule has 94 valence electrons. The highest BCUT2D eigenvalue weighted by molar-refractivity contribution is 5.30. The van der Waals surface area contributed by atoms with Crippen LogP contribution < -0.4 is 5.32 Å². The SMILES string of the molecule is CCNC1CCC(c2ccccc2CO)CC1. The van der Waals surface area contributed by atoms with Gasteiger partial charge in [0.1, 0.15) is 0 Å². The second kappa shape index (κ2) is 6.18. The molecule has 2 nitrogen and oxygen atoms in total. The van der Waals surface area contributed by atoms with E-state index in [1.54, 1.807) is 0 Å². The van der Waals surface area contributed by atoms with E-state index in [-0.39, 0.29) is 6.61 Å². The zero-order valence-electron chi connectivity index (χ0n) is 10.7. The highest BCUT2D eigenvalue weighted by atomic mass is 16.3. The fourth-order valence-corrected chi connectivity index (χ4v) is 2.97. The minimum Gasteiger partial charge on any atom is -0.392 e. The summed E-state index contributed by atoms with van der Waals surface area (Å²) in [5.41, 5.74) is 2.48. The van der Waals surface area contributed by atoms with Gasteiger partial charge in [-0.1, -0.05) is 31.2 Å². The van der Waals surface area contributed by atoms with Crippen LogP contribution in [0.5, 0.6) is 0 Å². The number of benzene rings is 1. The van der Waals surface area contributed by atoms with Crippen LogP contribution >= 0.6 is 0 Å². The lowest BCUT2D eigenvalue weighted by Gasteiger charge is -2.30. The van der Waals surface area contributed by atoms with Crippen LogP contribution in [0.15, 0.2) is 24.3 Å². The lowest BCUT2D eigenvalue weighted by atomic mass is 9.80. The Kier molecular flexibility index (Phi) is 4.57. The maximum Gasteiger partial charge on any atom is 0.0684 e. The smallest absolute Gasteiger partial charge is 0.0684 e. The fourth-order valence-electron chi connectivity index (χ4n) is 2.97. The minimum absolute atomic E-state index is 0.170. The maximum atomic E-state index is 9.37. The second-order valence-corrected chi connectivity index (χ2v) is 4.96. The van der Waals surface area contributed by atoms with Crippen molar-refractivity contribution < 1.29 is 5.11 Å². The van der Waals surface area contributed by atoms with Gasteiger partial charge in [0.2, 0.25) is 0 Å². The molecule has 0 radical (unpaired) electrons. The van der Waals surface area contributed by atoms with Crippen molar-refractivity contribution in [3.63, 3.8) is 0 Å². The van der Waals surface area contributed by atoms with Crippen LogP contribution in [0.4, 0.5) is 0 Å². The number of nitrogens with one attached hydrogen (secondary N) is 1. The average Bonchev–Trinajstić information content (AvgIpc) is 2.40. The predicted octanol–water partition coefficient (Wildman–Crippen LogP) is 2.81. The van der Waals surface area contributed by atoms with Crippen LogP contribution in [0.1, 0.15) is 49.7 Å². The minimum atomic E-state index is 0.170. The van der Waals surface area contributed by atoms with Crippen LogP contribution in [0.25, 0.3) is 0 Å². The molecule has 0 atom stereocenters. The standard InChI is InChI=1S/C15H23NO/c1-2-16-14-9-7-12(8-10-14)15-6-4-3-5-13(15)11-17/h3-6,12,14,16-17H,2,7-11H2,1H3. The third-order valence-electron chi connectivity index (χ3n) is 3.89. The van der Waals surface area contributed by atoms with E-state index in [2.05, 4.69) is 24.4 Å². The summed E-state index contributed by atoms with van der Waals surface area (Å²) in [6.45, 7) is 3.42. The monoisotopic (exact) mass is 233 g/mol. The summed E-state index contributed by atoms with van der Waals surface area (Å²) >= 11 is 0. The largest absolute Gasteiger partial charge is 0.392 e. The molecule has 0 heterocycles. The first kappa shape index (κ1) is 12.6. The molecule has 2 heteroatoms. The molecular formula is C15H23NO. The van der Waals surface area contributed by atoms with Gasteiger partial charge in [-0.25, -0.2) is 0 Å². The van der Waals surface area contributed by atoms with E-state index in [1.807, 2.05) is 12.1 Å². The second-order valence-electron chi connectivity index (χ2n) is 4.96. The van der Waals surface area contributed by atoms with Crippen LogP contribution in [0.3, 0.4) is 0 Å². The third-order valence-corrected chi connectivity index (χ3v) is 3.89. The molecule has 17 heavy (non-hydrogen) atoms. The molecule has 0 saturated heterocycles.